The first-order valence-corrected chi connectivity index (χ1v) is 8.82. The summed E-state index contributed by atoms with van der Waals surface area (Å²) < 4.78 is 69.7. The number of aliphatic imine (C=N–C) groups is 1. The van der Waals surface area contributed by atoms with Crippen molar-refractivity contribution in [1.29, 1.82) is 0 Å². The largest absolute Gasteiger partial charge is 0.475 e. The third kappa shape index (κ3) is 3.68. The highest BCUT2D eigenvalue weighted by atomic mass is 35.5. The molecular formula is C14H16ClF3N2O3S. The van der Waals surface area contributed by atoms with E-state index in [0.29, 0.717) is 18.7 Å². The van der Waals surface area contributed by atoms with E-state index in [-0.39, 0.29) is 12.0 Å². The molecule has 134 valence electrons. The van der Waals surface area contributed by atoms with Gasteiger partial charge in [-0.2, -0.15) is 17.5 Å². The van der Waals surface area contributed by atoms with Crippen molar-refractivity contribution < 1.29 is 26.3 Å². The second kappa shape index (κ2) is 6.53. The Morgan fingerprint density at radius 2 is 2.04 bits per heavy atom. The van der Waals surface area contributed by atoms with Gasteiger partial charge in [0.05, 0.1) is 23.2 Å². The molecule has 1 aliphatic rings. The third-order valence-electron chi connectivity index (χ3n) is 3.65. The molecule has 2 atom stereocenters. The fourth-order valence-corrected chi connectivity index (χ4v) is 3.97. The molecule has 1 aromatic carbocycles. The highest BCUT2D eigenvalue weighted by Gasteiger charge is 2.35. The zero-order valence-electron chi connectivity index (χ0n) is 13.1. The van der Waals surface area contributed by atoms with E-state index in [4.69, 9.17) is 16.3 Å². The van der Waals surface area contributed by atoms with Crippen LogP contribution in [0.2, 0.25) is 5.02 Å². The minimum absolute atomic E-state index is 0.145. The lowest BCUT2D eigenvalue weighted by Gasteiger charge is -2.25. The van der Waals surface area contributed by atoms with E-state index in [2.05, 4.69) is 4.99 Å². The van der Waals surface area contributed by atoms with Gasteiger partial charge in [-0.15, -0.1) is 0 Å². The van der Waals surface area contributed by atoms with Crippen LogP contribution in [-0.2, 0) is 20.9 Å². The summed E-state index contributed by atoms with van der Waals surface area (Å²) in [6.07, 6.45) is -4.75. The number of halogens is 4. The molecule has 0 radical (unpaired) electrons. The van der Waals surface area contributed by atoms with Crippen LogP contribution in [0, 0.1) is 0 Å². The van der Waals surface area contributed by atoms with E-state index in [9.17, 15) is 21.6 Å². The van der Waals surface area contributed by atoms with Crippen molar-refractivity contribution >= 4 is 27.5 Å². The molecule has 24 heavy (non-hydrogen) atoms. The van der Waals surface area contributed by atoms with Gasteiger partial charge in [0.25, 0.3) is 0 Å². The Labute approximate surface area is 143 Å². The summed E-state index contributed by atoms with van der Waals surface area (Å²) in [4.78, 5) is 3.72. The zero-order chi connectivity index (χ0) is 18.3. The smallest absolute Gasteiger partial charge is 0.416 e. The summed E-state index contributed by atoms with van der Waals surface area (Å²) in [5.41, 5.74) is -1.01. The summed E-state index contributed by atoms with van der Waals surface area (Å²) >= 11 is 5.78. The lowest BCUT2D eigenvalue weighted by atomic mass is 10.2. The molecule has 2 rings (SSSR count). The first-order chi connectivity index (χ1) is 10.9. The van der Waals surface area contributed by atoms with Gasteiger partial charge in [-0.1, -0.05) is 11.6 Å². The summed E-state index contributed by atoms with van der Waals surface area (Å²) in [7, 11) is -2.82. The number of likely N-dealkylation sites (N-methyl/N-ethyl adjacent to an activating group) is 1. The standard InChI is InChI=1S/C14H16ClF3N2O3S/c1-8-7-19-13(23-8)9(2)20(3)24(21,22)12-5-4-10(6-11(12)15)14(16,17)18/h4-6,8-9H,7H2,1-3H3. The monoisotopic (exact) mass is 384 g/mol. The molecular weight excluding hydrogens is 369 g/mol. The van der Waals surface area contributed by atoms with Crippen LogP contribution < -0.4 is 0 Å². The average Bonchev–Trinajstić information content (AvgIpc) is 2.91. The van der Waals surface area contributed by atoms with Gasteiger partial charge >= 0.3 is 6.18 Å². The van der Waals surface area contributed by atoms with Crippen LogP contribution in [0.4, 0.5) is 13.2 Å². The van der Waals surface area contributed by atoms with E-state index >= 15 is 0 Å². The Kier molecular flexibility index (Phi) is 5.17. The van der Waals surface area contributed by atoms with Gasteiger partial charge in [-0.05, 0) is 32.0 Å². The van der Waals surface area contributed by atoms with E-state index in [1.807, 2.05) is 0 Å². The third-order valence-corrected chi connectivity index (χ3v) is 6.06. The number of ether oxygens (including phenoxy) is 1. The van der Waals surface area contributed by atoms with Crippen molar-refractivity contribution in [2.24, 2.45) is 4.99 Å². The average molecular weight is 385 g/mol. The molecule has 1 aromatic rings. The van der Waals surface area contributed by atoms with Crippen molar-refractivity contribution in [2.75, 3.05) is 13.6 Å². The second-order valence-corrected chi connectivity index (χ2v) is 7.82. The number of benzene rings is 1. The predicted octanol–water partition coefficient (Wildman–Crippen LogP) is 3.19. The minimum Gasteiger partial charge on any atom is -0.475 e. The number of alkyl halides is 3. The summed E-state index contributed by atoms with van der Waals surface area (Å²) in [6.45, 7) is 3.80. The topological polar surface area (TPSA) is 59.0 Å². The molecule has 0 spiro atoms. The zero-order valence-corrected chi connectivity index (χ0v) is 14.7. The van der Waals surface area contributed by atoms with Crippen LogP contribution >= 0.6 is 11.6 Å². The van der Waals surface area contributed by atoms with Gasteiger partial charge in [-0.25, -0.2) is 8.42 Å². The molecule has 0 saturated heterocycles. The highest BCUT2D eigenvalue weighted by molar-refractivity contribution is 7.89. The molecule has 0 saturated carbocycles. The Morgan fingerprint density at radius 1 is 1.42 bits per heavy atom. The van der Waals surface area contributed by atoms with Gasteiger partial charge in [0.1, 0.15) is 11.0 Å². The van der Waals surface area contributed by atoms with Crippen LogP contribution in [0.3, 0.4) is 0 Å². The van der Waals surface area contributed by atoms with E-state index < -0.39 is 37.7 Å². The SMILES string of the molecule is CC1CN=C(C(C)N(C)S(=O)(=O)c2ccc(C(F)(F)F)cc2Cl)O1. The molecule has 0 amide bonds. The van der Waals surface area contributed by atoms with Gasteiger partial charge in [0, 0.05) is 7.05 Å². The summed E-state index contributed by atoms with van der Waals surface area (Å²) in [5, 5.41) is -0.494. The van der Waals surface area contributed by atoms with Gasteiger partial charge in [0.15, 0.2) is 0 Å². The Bertz CT molecular complexity index is 765. The van der Waals surface area contributed by atoms with Crippen LogP contribution in [0.25, 0.3) is 0 Å². The Morgan fingerprint density at radius 3 is 2.50 bits per heavy atom. The Balaban J connectivity index is 2.33. The van der Waals surface area contributed by atoms with E-state index in [1.165, 1.54) is 7.05 Å². The maximum atomic E-state index is 12.7. The van der Waals surface area contributed by atoms with Crippen LogP contribution in [-0.4, -0.2) is 44.4 Å². The number of sulfonamides is 1. The maximum absolute atomic E-state index is 12.7. The number of hydrogen-bond acceptors (Lipinski definition) is 4. The molecule has 1 aliphatic heterocycles. The number of rotatable bonds is 4. The first-order valence-electron chi connectivity index (χ1n) is 7.00. The highest BCUT2D eigenvalue weighted by Crippen LogP contribution is 2.34. The van der Waals surface area contributed by atoms with Gasteiger partial charge < -0.3 is 4.74 Å². The molecule has 0 N–H and O–H groups in total. The molecule has 0 fully saturated rings. The molecule has 5 nitrogen and oxygen atoms in total. The van der Waals surface area contributed by atoms with Crippen molar-refractivity contribution in [3.05, 3.63) is 28.8 Å². The fraction of sp³-hybridized carbons (Fsp3) is 0.500. The summed E-state index contributed by atoms with van der Waals surface area (Å²) in [6, 6.07) is 1.42. The molecule has 1 heterocycles. The fourth-order valence-electron chi connectivity index (χ4n) is 2.13. The summed E-state index contributed by atoms with van der Waals surface area (Å²) in [5.74, 6) is 0.261. The van der Waals surface area contributed by atoms with Gasteiger partial charge in [-0.3, -0.25) is 4.99 Å². The van der Waals surface area contributed by atoms with Crippen molar-refractivity contribution in [2.45, 2.75) is 37.1 Å². The molecule has 0 aromatic heterocycles. The lowest BCUT2D eigenvalue weighted by molar-refractivity contribution is -0.137. The predicted molar refractivity (Wildman–Crippen MR) is 83.7 cm³/mol. The normalized spacial score (nSPS) is 20.0. The molecule has 0 aliphatic carbocycles. The first kappa shape index (κ1) is 19.0. The number of nitrogens with zero attached hydrogens (tertiary/aromatic N) is 2. The minimum atomic E-state index is -4.60. The van der Waals surface area contributed by atoms with Crippen molar-refractivity contribution in [3.63, 3.8) is 0 Å². The molecule has 10 heteroatoms. The Hall–Kier alpha value is -1.32. The van der Waals surface area contributed by atoms with Crippen LogP contribution in [0.5, 0.6) is 0 Å². The quantitative estimate of drug-likeness (QED) is 0.801. The van der Waals surface area contributed by atoms with E-state index in [0.717, 1.165) is 10.4 Å². The van der Waals surface area contributed by atoms with Crippen molar-refractivity contribution in [3.8, 4) is 0 Å². The van der Waals surface area contributed by atoms with Crippen LogP contribution in [0.15, 0.2) is 28.1 Å². The number of hydrogen-bond donors (Lipinski definition) is 0. The second-order valence-electron chi connectivity index (χ2n) is 5.45. The lowest BCUT2D eigenvalue weighted by Crippen LogP contribution is -2.41. The molecule has 0 bridgehead atoms. The maximum Gasteiger partial charge on any atom is 0.416 e. The van der Waals surface area contributed by atoms with E-state index in [1.54, 1.807) is 13.8 Å². The van der Waals surface area contributed by atoms with Crippen LogP contribution in [0.1, 0.15) is 19.4 Å². The molecule has 2 unspecified atom stereocenters. The van der Waals surface area contributed by atoms with Gasteiger partial charge in [0.2, 0.25) is 15.9 Å². The van der Waals surface area contributed by atoms with Crippen molar-refractivity contribution in [1.82, 2.24) is 4.31 Å².